The van der Waals surface area contributed by atoms with Crippen LogP contribution in [0.2, 0.25) is 0 Å². The second-order valence-corrected chi connectivity index (χ2v) is 6.62. The van der Waals surface area contributed by atoms with Crippen molar-refractivity contribution in [1.29, 1.82) is 0 Å². The van der Waals surface area contributed by atoms with Crippen LogP contribution in [0.25, 0.3) is 5.57 Å². The van der Waals surface area contributed by atoms with Crippen molar-refractivity contribution in [2.24, 2.45) is 5.92 Å². The monoisotopic (exact) mass is 261 g/mol. The van der Waals surface area contributed by atoms with Gasteiger partial charge in [-0.3, -0.25) is 0 Å². The summed E-state index contributed by atoms with van der Waals surface area (Å²) in [6.07, 6.45) is 6.87. The molecule has 0 bridgehead atoms. The molecule has 0 aliphatic carbocycles. The molecule has 2 rings (SSSR count). The molecule has 1 aliphatic rings. The van der Waals surface area contributed by atoms with Crippen LogP contribution < -0.4 is 0 Å². The molecule has 1 nitrogen and oxygen atoms in total. The summed E-state index contributed by atoms with van der Waals surface area (Å²) in [7, 11) is 0. The molecule has 0 aromatic carbocycles. The molecule has 1 aliphatic heterocycles. The lowest BCUT2D eigenvalue weighted by Gasteiger charge is -2.22. The van der Waals surface area contributed by atoms with Crippen LogP contribution in [0.5, 0.6) is 0 Å². The van der Waals surface area contributed by atoms with Crippen LogP contribution in [0.15, 0.2) is 23.4 Å². The summed E-state index contributed by atoms with van der Waals surface area (Å²) in [6.45, 7) is 9.13. The maximum Gasteiger partial charge on any atom is 0.104 e. The Labute approximate surface area is 115 Å². The topological polar surface area (TPSA) is 12.9 Å². The molecule has 1 aromatic rings. The van der Waals surface area contributed by atoms with Gasteiger partial charge in [-0.25, -0.2) is 4.98 Å². The van der Waals surface area contributed by atoms with E-state index in [0.717, 1.165) is 0 Å². The predicted octanol–water partition coefficient (Wildman–Crippen LogP) is 5.13. The summed E-state index contributed by atoms with van der Waals surface area (Å²) < 4.78 is 0. The van der Waals surface area contributed by atoms with Gasteiger partial charge in [-0.2, -0.15) is 0 Å². The first kappa shape index (κ1) is 13.7. The smallest absolute Gasteiger partial charge is 0.104 e. The Bertz CT molecular complexity index is 446. The van der Waals surface area contributed by atoms with Crippen LogP contribution in [0.4, 0.5) is 0 Å². The number of rotatable bonds is 2. The highest BCUT2D eigenvalue weighted by Gasteiger charge is 2.19. The lowest BCUT2D eigenvalue weighted by molar-refractivity contribution is 0.803. The Morgan fingerprint density at radius 1 is 1.17 bits per heavy atom. The fourth-order valence-electron chi connectivity index (χ4n) is 2.47. The molecular weight excluding hydrogens is 238 g/mol. The van der Waals surface area contributed by atoms with Gasteiger partial charge in [0.1, 0.15) is 5.03 Å². The van der Waals surface area contributed by atoms with Crippen molar-refractivity contribution in [3.63, 3.8) is 0 Å². The molecule has 0 radical (unpaired) electrons. The average Bonchev–Trinajstić information content (AvgIpc) is 2.28. The molecule has 0 spiro atoms. The largest absolute Gasteiger partial charge is 0.249 e. The third kappa shape index (κ3) is 2.80. The minimum atomic E-state index is 0.559. The minimum absolute atomic E-state index is 0.559. The number of allylic oxidation sites excluding steroid dienone is 2. The lowest BCUT2D eigenvalue weighted by Crippen LogP contribution is -2.06. The molecule has 98 valence electrons. The van der Waals surface area contributed by atoms with Gasteiger partial charge in [0.05, 0.1) is 0 Å². The number of thioether (sulfide) groups is 1. The SMILES string of the molecule is CC(C)/C1=C/CCCSc2nccc(C(C)C)c21. The summed E-state index contributed by atoms with van der Waals surface area (Å²) in [5, 5.41) is 1.24. The second-order valence-electron chi connectivity index (χ2n) is 5.54. The highest BCUT2D eigenvalue weighted by Crippen LogP contribution is 2.38. The van der Waals surface area contributed by atoms with Gasteiger partial charge in [0.25, 0.3) is 0 Å². The first-order valence-corrected chi connectivity index (χ1v) is 7.92. The first-order valence-electron chi connectivity index (χ1n) is 6.93. The van der Waals surface area contributed by atoms with Crippen molar-refractivity contribution in [3.8, 4) is 0 Å². The van der Waals surface area contributed by atoms with Gasteiger partial charge in [-0.15, -0.1) is 11.8 Å². The van der Waals surface area contributed by atoms with Crippen molar-refractivity contribution >= 4 is 17.3 Å². The van der Waals surface area contributed by atoms with Gasteiger partial charge in [0.15, 0.2) is 0 Å². The Morgan fingerprint density at radius 3 is 2.61 bits per heavy atom. The Morgan fingerprint density at radius 2 is 1.94 bits per heavy atom. The predicted molar refractivity (Wildman–Crippen MR) is 81.1 cm³/mol. The Kier molecular flexibility index (Phi) is 4.50. The van der Waals surface area contributed by atoms with E-state index >= 15 is 0 Å². The van der Waals surface area contributed by atoms with E-state index in [0.29, 0.717) is 11.8 Å². The average molecular weight is 261 g/mol. The Hall–Kier alpha value is -0.760. The van der Waals surface area contributed by atoms with E-state index in [1.807, 2.05) is 18.0 Å². The van der Waals surface area contributed by atoms with Gasteiger partial charge >= 0.3 is 0 Å². The van der Waals surface area contributed by atoms with Crippen molar-refractivity contribution in [2.45, 2.75) is 51.5 Å². The van der Waals surface area contributed by atoms with Crippen LogP contribution in [-0.4, -0.2) is 10.7 Å². The van der Waals surface area contributed by atoms with E-state index in [1.54, 1.807) is 0 Å². The molecule has 0 atom stereocenters. The Balaban J connectivity index is 2.60. The van der Waals surface area contributed by atoms with Gasteiger partial charge in [-0.05, 0) is 47.6 Å². The number of pyridine rings is 1. The first-order chi connectivity index (χ1) is 8.61. The van der Waals surface area contributed by atoms with Crippen LogP contribution in [0, 0.1) is 5.92 Å². The fourth-order valence-corrected chi connectivity index (χ4v) is 3.49. The fraction of sp³-hybridized carbons (Fsp3) is 0.562. The molecule has 0 saturated heterocycles. The number of aromatic nitrogens is 1. The number of hydrogen-bond donors (Lipinski definition) is 0. The summed E-state index contributed by atoms with van der Waals surface area (Å²) in [5.74, 6) is 2.32. The van der Waals surface area contributed by atoms with E-state index in [1.165, 1.54) is 40.3 Å². The third-order valence-corrected chi connectivity index (χ3v) is 4.51. The van der Waals surface area contributed by atoms with E-state index in [4.69, 9.17) is 0 Å². The highest BCUT2D eigenvalue weighted by atomic mass is 32.2. The van der Waals surface area contributed by atoms with Gasteiger partial charge in [0.2, 0.25) is 0 Å². The third-order valence-electron chi connectivity index (χ3n) is 3.43. The minimum Gasteiger partial charge on any atom is -0.249 e. The van der Waals surface area contributed by atoms with E-state index in [2.05, 4.69) is 44.8 Å². The molecule has 0 amide bonds. The summed E-state index contributed by atoms with van der Waals surface area (Å²) in [5.41, 5.74) is 4.37. The molecule has 1 aromatic heterocycles. The zero-order valence-electron chi connectivity index (χ0n) is 11.9. The van der Waals surface area contributed by atoms with Crippen molar-refractivity contribution in [3.05, 3.63) is 29.5 Å². The van der Waals surface area contributed by atoms with Gasteiger partial charge in [0, 0.05) is 11.8 Å². The normalized spacial score (nSPS) is 19.1. The standard InChI is InChI=1S/C16H23NS/c1-11(2)13-7-5-6-10-18-16-15(13)14(12(3)4)8-9-17-16/h7-9,11-12H,5-6,10H2,1-4H3/b13-7-. The van der Waals surface area contributed by atoms with Crippen molar-refractivity contribution in [1.82, 2.24) is 4.98 Å². The summed E-state index contributed by atoms with van der Waals surface area (Å²) in [6, 6.07) is 2.20. The highest BCUT2D eigenvalue weighted by molar-refractivity contribution is 7.99. The molecule has 2 heterocycles. The van der Waals surface area contributed by atoms with Crippen molar-refractivity contribution < 1.29 is 0 Å². The molecule has 18 heavy (non-hydrogen) atoms. The molecular formula is C16H23NS. The maximum absolute atomic E-state index is 4.62. The quantitative estimate of drug-likeness (QED) is 0.732. The number of nitrogens with zero attached hydrogens (tertiary/aromatic N) is 1. The molecule has 0 N–H and O–H groups in total. The van der Waals surface area contributed by atoms with Gasteiger partial charge in [-0.1, -0.05) is 33.8 Å². The zero-order chi connectivity index (χ0) is 13.1. The number of fused-ring (bicyclic) bond motifs is 1. The molecule has 2 heteroatoms. The maximum atomic E-state index is 4.62. The lowest BCUT2D eigenvalue weighted by atomic mass is 9.88. The molecule has 0 unspecified atom stereocenters. The zero-order valence-corrected chi connectivity index (χ0v) is 12.7. The van der Waals surface area contributed by atoms with Crippen molar-refractivity contribution in [2.75, 3.05) is 5.75 Å². The van der Waals surface area contributed by atoms with E-state index in [-0.39, 0.29) is 0 Å². The van der Waals surface area contributed by atoms with Crippen LogP contribution in [0.3, 0.4) is 0 Å². The van der Waals surface area contributed by atoms with Gasteiger partial charge < -0.3 is 0 Å². The van der Waals surface area contributed by atoms with Crippen LogP contribution >= 0.6 is 11.8 Å². The second kappa shape index (κ2) is 5.92. The van der Waals surface area contributed by atoms with E-state index < -0.39 is 0 Å². The molecule has 0 saturated carbocycles. The molecule has 0 fully saturated rings. The van der Waals surface area contributed by atoms with Crippen LogP contribution in [0.1, 0.15) is 57.6 Å². The van der Waals surface area contributed by atoms with Crippen LogP contribution in [-0.2, 0) is 0 Å². The van der Waals surface area contributed by atoms with E-state index in [9.17, 15) is 0 Å². The summed E-state index contributed by atoms with van der Waals surface area (Å²) in [4.78, 5) is 4.62. The summed E-state index contributed by atoms with van der Waals surface area (Å²) >= 11 is 1.92. The number of hydrogen-bond acceptors (Lipinski definition) is 2.